The maximum atomic E-state index is 5.58. The summed E-state index contributed by atoms with van der Waals surface area (Å²) in [6.45, 7) is 0. The van der Waals surface area contributed by atoms with E-state index in [9.17, 15) is 0 Å². The molecule has 0 saturated carbocycles. The van der Waals surface area contributed by atoms with Gasteiger partial charge >= 0.3 is 0 Å². The first-order valence-electron chi connectivity index (χ1n) is 5.38. The summed E-state index contributed by atoms with van der Waals surface area (Å²) in [5.41, 5.74) is 5.16. The minimum Gasteiger partial charge on any atom is -0.271 e. The molecule has 0 amide bonds. The lowest BCUT2D eigenvalue weighted by molar-refractivity contribution is 0.505. The third-order valence-electron chi connectivity index (χ3n) is 2.61. The van der Waals surface area contributed by atoms with Crippen LogP contribution in [0.25, 0.3) is 0 Å². The maximum absolute atomic E-state index is 5.58. The van der Waals surface area contributed by atoms with Crippen molar-refractivity contribution in [2.75, 3.05) is 0 Å². The molecular weight excluding hydrogens is 298 g/mol. The molecule has 90 valence electrons. The van der Waals surface area contributed by atoms with E-state index in [0.717, 1.165) is 23.0 Å². The molecule has 3 N–H and O–H groups in total. The van der Waals surface area contributed by atoms with Gasteiger partial charge in [-0.05, 0) is 63.3 Å². The van der Waals surface area contributed by atoms with Crippen LogP contribution in [0.5, 0.6) is 0 Å². The molecule has 0 aliphatic rings. The van der Waals surface area contributed by atoms with E-state index < -0.39 is 0 Å². The lowest BCUT2D eigenvalue weighted by Gasteiger charge is -2.14. The SMILES string of the molecule is NNC(CCc1ccsc1)c1ccc(Br)cn1. The average molecular weight is 312 g/mol. The predicted molar refractivity (Wildman–Crippen MR) is 74.6 cm³/mol. The fourth-order valence-corrected chi connectivity index (χ4v) is 2.59. The molecule has 17 heavy (non-hydrogen) atoms. The predicted octanol–water partition coefficient (Wildman–Crippen LogP) is 3.04. The number of nitrogens with two attached hydrogens (primary N) is 1. The number of aromatic nitrogens is 1. The standard InChI is InChI=1S/C12H14BrN3S/c13-10-2-4-11(15-7-10)12(16-14)3-1-9-5-6-17-8-9/h2,4-8,12,16H,1,3,14H2. The number of rotatable bonds is 5. The van der Waals surface area contributed by atoms with Crippen LogP contribution in [-0.2, 0) is 6.42 Å². The van der Waals surface area contributed by atoms with Gasteiger partial charge in [-0.3, -0.25) is 16.3 Å². The number of nitrogens with zero attached hydrogens (tertiary/aromatic N) is 1. The molecule has 0 bridgehead atoms. The van der Waals surface area contributed by atoms with Crippen LogP contribution in [0.15, 0.2) is 39.6 Å². The van der Waals surface area contributed by atoms with E-state index in [1.165, 1.54) is 5.56 Å². The average Bonchev–Trinajstić information content (AvgIpc) is 2.85. The Bertz CT molecular complexity index is 441. The molecule has 0 saturated heterocycles. The highest BCUT2D eigenvalue weighted by molar-refractivity contribution is 9.10. The fraction of sp³-hybridized carbons (Fsp3) is 0.250. The van der Waals surface area contributed by atoms with Gasteiger partial charge in [0.2, 0.25) is 0 Å². The van der Waals surface area contributed by atoms with Crippen molar-refractivity contribution in [1.82, 2.24) is 10.4 Å². The summed E-state index contributed by atoms with van der Waals surface area (Å²) in [6.07, 6.45) is 3.75. The van der Waals surface area contributed by atoms with Crippen LogP contribution >= 0.6 is 27.3 Å². The van der Waals surface area contributed by atoms with E-state index in [1.807, 2.05) is 12.1 Å². The third kappa shape index (κ3) is 3.61. The van der Waals surface area contributed by atoms with Gasteiger partial charge in [-0.2, -0.15) is 11.3 Å². The van der Waals surface area contributed by atoms with Crippen LogP contribution in [0.2, 0.25) is 0 Å². The molecule has 1 unspecified atom stereocenters. The quantitative estimate of drug-likeness (QED) is 0.659. The molecule has 5 heteroatoms. The molecular formula is C12H14BrN3S. The van der Waals surface area contributed by atoms with Gasteiger partial charge in [-0.1, -0.05) is 0 Å². The van der Waals surface area contributed by atoms with Crippen molar-refractivity contribution >= 4 is 27.3 Å². The zero-order valence-corrected chi connectivity index (χ0v) is 11.7. The highest BCUT2D eigenvalue weighted by atomic mass is 79.9. The van der Waals surface area contributed by atoms with Crippen LogP contribution in [0.4, 0.5) is 0 Å². The van der Waals surface area contributed by atoms with Crippen LogP contribution in [0, 0.1) is 0 Å². The van der Waals surface area contributed by atoms with Gasteiger partial charge < -0.3 is 0 Å². The zero-order chi connectivity index (χ0) is 12.1. The van der Waals surface area contributed by atoms with Crippen LogP contribution in [-0.4, -0.2) is 4.98 Å². The lowest BCUT2D eigenvalue weighted by atomic mass is 10.1. The van der Waals surface area contributed by atoms with Crippen molar-refractivity contribution in [2.24, 2.45) is 5.84 Å². The summed E-state index contributed by atoms with van der Waals surface area (Å²) in [5, 5.41) is 4.26. The minimum atomic E-state index is 0.100. The van der Waals surface area contributed by atoms with Gasteiger partial charge in [-0.15, -0.1) is 0 Å². The van der Waals surface area contributed by atoms with E-state index in [0.29, 0.717) is 0 Å². The van der Waals surface area contributed by atoms with E-state index in [2.05, 4.69) is 43.2 Å². The van der Waals surface area contributed by atoms with Crippen molar-refractivity contribution in [1.29, 1.82) is 0 Å². The van der Waals surface area contributed by atoms with Gasteiger partial charge in [0.05, 0.1) is 11.7 Å². The molecule has 0 aliphatic carbocycles. The Morgan fingerprint density at radius 2 is 2.29 bits per heavy atom. The Labute approximate surface area is 113 Å². The third-order valence-corrected chi connectivity index (χ3v) is 3.81. The maximum Gasteiger partial charge on any atom is 0.0635 e. The van der Waals surface area contributed by atoms with E-state index in [-0.39, 0.29) is 6.04 Å². The molecule has 0 aliphatic heterocycles. The zero-order valence-electron chi connectivity index (χ0n) is 9.27. The number of halogens is 1. The number of thiophene rings is 1. The Morgan fingerprint density at radius 3 is 2.88 bits per heavy atom. The topological polar surface area (TPSA) is 50.9 Å². The summed E-state index contributed by atoms with van der Waals surface area (Å²) < 4.78 is 0.981. The van der Waals surface area contributed by atoms with Crippen molar-refractivity contribution in [2.45, 2.75) is 18.9 Å². The number of hydrazine groups is 1. The Kier molecular flexibility index (Phi) is 4.67. The van der Waals surface area contributed by atoms with Crippen molar-refractivity contribution in [3.63, 3.8) is 0 Å². The van der Waals surface area contributed by atoms with Crippen LogP contribution < -0.4 is 11.3 Å². The van der Waals surface area contributed by atoms with E-state index in [1.54, 1.807) is 17.5 Å². The number of pyridine rings is 1. The molecule has 0 radical (unpaired) electrons. The largest absolute Gasteiger partial charge is 0.271 e. The Morgan fingerprint density at radius 1 is 1.41 bits per heavy atom. The summed E-state index contributed by atoms with van der Waals surface area (Å²) in [7, 11) is 0. The van der Waals surface area contributed by atoms with Gasteiger partial charge in [0, 0.05) is 10.7 Å². The summed E-state index contributed by atoms with van der Waals surface area (Å²) in [6, 6.07) is 6.22. The molecule has 2 heterocycles. The first-order valence-corrected chi connectivity index (χ1v) is 7.12. The van der Waals surface area contributed by atoms with E-state index >= 15 is 0 Å². The molecule has 2 aromatic heterocycles. The van der Waals surface area contributed by atoms with Gasteiger partial charge in [-0.25, -0.2) is 0 Å². The molecule has 2 rings (SSSR count). The first kappa shape index (κ1) is 12.7. The van der Waals surface area contributed by atoms with Gasteiger partial charge in [0.1, 0.15) is 0 Å². The molecule has 2 aromatic rings. The lowest BCUT2D eigenvalue weighted by Crippen LogP contribution is -2.29. The molecule has 0 aromatic carbocycles. The Balaban J connectivity index is 1.99. The van der Waals surface area contributed by atoms with Gasteiger partial charge in [0.15, 0.2) is 0 Å². The summed E-state index contributed by atoms with van der Waals surface area (Å²) in [4.78, 5) is 4.36. The summed E-state index contributed by atoms with van der Waals surface area (Å²) >= 11 is 5.10. The highest BCUT2D eigenvalue weighted by Gasteiger charge is 2.11. The number of hydrogen-bond acceptors (Lipinski definition) is 4. The first-order chi connectivity index (χ1) is 8.29. The molecule has 0 spiro atoms. The minimum absolute atomic E-state index is 0.100. The van der Waals surface area contributed by atoms with Crippen LogP contribution in [0.3, 0.4) is 0 Å². The smallest absolute Gasteiger partial charge is 0.0635 e. The second-order valence-corrected chi connectivity index (χ2v) is 5.49. The number of aryl methyl sites for hydroxylation is 1. The van der Waals surface area contributed by atoms with Crippen LogP contribution in [0.1, 0.15) is 23.7 Å². The van der Waals surface area contributed by atoms with Gasteiger partial charge in [0.25, 0.3) is 0 Å². The number of nitrogens with one attached hydrogen (secondary N) is 1. The Hall–Kier alpha value is -0.750. The fourth-order valence-electron chi connectivity index (χ4n) is 1.66. The molecule has 3 nitrogen and oxygen atoms in total. The highest BCUT2D eigenvalue weighted by Crippen LogP contribution is 2.19. The van der Waals surface area contributed by atoms with E-state index in [4.69, 9.17) is 5.84 Å². The summed E-state index contributed by atoms with van der Waals surface area (Å²) in [5.74, 6) is 5.58. The molecule has 1 atom stereocenters. The number of hydrogen-bond donors (Lipinski definition) is 2. The second-order valence-electron chi connectivity index (χ2n) is 3.79. The van der Waals surface area contributed by atoms with Crippen molar-refractivity contribution in [3.8, 4) is 0 Å². The normalized spacial score (nSPS) is 12.6. The second kappa shape index (κ2) is 6.26. The van der Waals surface area contributed by atoms with Crippen molar-refractivity contribution < 1.29 is 0 Å². The molecule has 0 fully saturated rings. The van der Waals surface area contributed by atoms with Crippen molar-refractivity contribution in [3.05, 3.63) is 50.9 Å². The monoisotopic (exact) mass is 311 g/mol.